The van der Waals surface area contributed by atoms with Gasteiger partial charge in [0.2, 0.25) is 5.95 Å². The number of hydrogen-bond donors (Lipinski definition) is 2. The van der Waals surface area contributed by atoms with E-state index in [-0.39, 0.29) is 17.0 Å². The van der Waals surface area contributed by atoms with Crippen molar-refractivity contribution in [1.29, 1.82) is 5.26 Å². The fraction of sp³-hybridized carbons (Fsp3) is 0.300. The fourth-order valence-corrected chi connectivity index (χ4v) is 4.49. The van der Waals surface area contributed by atoms with Gasteiger partial charge < -0.3 is 5.73 Å². The summed E-state index contributed by atoms with van der Waals surface area (Å²) in [5.41, 5.74) is 8.82. The Kier molecular flexibility index (Phi) is 4.35. The number of H-pyrrole nitrogens is 1. The van der Waals surface area contributed by atoms with Crippen molar-refractivity contribution in [2.24, 2.45) is 11.1 Å². The van der Waals surface area contributed by atoms with E-state index in [1.165, 1.54) is 6.33 Å². The Morgan fingerprint density at radius 1 is 1.39 bits per heavy atom. The molecular weight excluding hydrogens is 420 g/mol. The average molecular weight is 439 g/mol. The first-order valence-electron chi connectivity index (χ1n) is 8.89. The number of nitrogens with zero attached hydrogens (tertiary/aromatic N) is 4. The van der Waals surface area contributed by atoms with Crippen molar-refractivity contribution in [1.82, 2.24) is 15.2 Å². The van der Waals surface area contributed by atoms with E-state index in [4.69, 9.17) is 5.73 Å². The number of allylic oxidation sites excluding steroid dienone is 3. The van der Waals surface area contributed by atoms with Gasteiger partial charge in [0.25, 0.3) is 0 Å². The Bertz CT molecular complexity index is 1060. The molecule has 1 aromatic heterocycles. The number of hydrogen-bond acceptors (Lipinski definition) is 6. The molecule has 0 bridgehead atoms. The van der Waals surface area contributed by atoms with Crippen LogP contribution in [-0.2, 0) is 4.79 Å². The first-order chi connectivity index (χ1) is 13.3. The average Bonchev–Trinajstić information content (AvgIpc) is 3.13. The molecule has 7 nitrogen and oxygen atoms in total. The minimum Gasteiger partial charge on any atom is -0.384 e. The maximum absolute atomic E-state index is 13.3. The number of anilines is 1. The lowest BCUT2D eigenvalue weighted by atomic mass is 9.68. The molecule has 2 aromatic rings. The Morgan fingerprint density at radius 2 is 2.18 bits per heavy atom. The number of nitrogens with two attached hydrogens (primary N) is 1. The second kappa shape index (κ2) is 6.60. The van der Waals surface area contributed by atoms with E-state index in [2.05, 4.69) is 51.0 Å². The molecule has 8 heteroatoms. The molecule has 3 N–H and O–H groups in total. The van der Waals surface area contributed by atoms with Gasteiger partial charge in [0, 0.05) is 22.2 Å². The highest BCUT2D eigenvalue weighted by molar-refractivity contribution is 9.10. The third kappa shape index (κ3) is 2.92. The van der Waals surface area contributed by atoms with Crippen molar-refractivity contribution in [3.05, 3.63) is 63.3 Å². The van der Waals surface area contributed by atoms with E-state index in [0.29, 0.717) is 29.9 Å². The molecule has 0 amide bonds. The number of rotatable bonds is 2. The number of aromatic amines is 1. The van der Waals surface area contributed by atoms with E-state index in [1.807, 2.05) is 24.3 Å². The Morgan fingerprint density at radius 3 is 2.82 bits per heavy atom. The summed E-state index contributed by atoms with van der Waals surface area (Å²) in [7, 11) is 0. The molecule has 0 saturated carbocycles. The number of aromatic nitrogens is 3. The molecule has 142 valence electrons. The van der Waals surface area contributed by atoms with E-state index in [9.17, 15) is 10.1 Å². The summed E-state index contributed by atoms with van der Waals surface area (Å²) in [5.74, 6) is 0.200. The van der Waals surface area contributed by atoms with Crippen LogP contribution in [0, 0.1) is 16.7 Å². The van der Waals surface area contributed by atoms with Crippen molar-refractivity contribution < 1.29 is 4.79 Å². The molecule has 4 rings (SSSR count). The molecule has 0 radical (unpaired) electrons. The van der Waals surface area contributed by atoms with Gasteiger partial charge in [-0.15, -0.1) is 0 Å². The van der Waals surface area contributed by atoms with Crippen LogP contribution in [0.4, 0.5) is 5.95 Å². The first kappa shape index (κ1) is 18.4. The Balaban J connectivity index is 2.00. The van der Waals surface area contributed by atoms with Crippen LogP contribution < -0.4 is 10.6 Å². The highest BCUT2D eigenvalue weighted by atomic mass is 79.9. The summed E-state index contributed by atoms with van der Waals surface area (Å²) in [6.45, 7) is 4.11. The smallest absolute Gasteiger partial charge is 0.231 e. The van der Waals surface area contributed by atoms with Crippen LogP contribution in [0.1, 0.15) is 38.2 Å². The van der Waals surface area contributed by atoms with Gasteiger partial charge in [0.05, 0.1) is 17.6 Å². The summed E-state index contributed by atoms with van der Waals surface area (Å²) in [4.78, 5) is 19.2. The van der Waals surface area contributed by atoms with Crippen LogP contribution in [0.3, 0.4) is 0 Å². The van der Waals surface area contributed by atoms with Crippen LogP contribution >= 0.6 is 15.9 Å². The molecular formula is C20H19BrN6O. The van der Waals surface area contributed by atoms with Crippen molar-refractivity contribution in [3.63, 3.8) is 0 Å². The summed E-state index contributed by atoms with van der Waals surface area (Å²) in [5, 5.41) is 16.7. The molecule has 2 aliphatic rings. The van der Waals surface area contributed by atoms with Crippen molar-refractivity contribution >= 4 is 27.7 Å². The number of carbonyl (C=O) groups is 1. The minimum absolute atomic E-state index is 0.0287. The predicted octanol–water partition coefficient (Wildman–Crippen LogP) is 3.51. The van der Waals surface area contributed by atoms with E-state index >= 15 is 0 Å². The second-order valence-corrected chi connectivity index (χ2v) is 8.76. The van der Waals surface area contributed by atoms with E-state index in [0.717, 1.165) is 15.7 Å². The zero-order valence-electron chi connectivity index (χ0n) is 15.5. The maximum atomic E-state index is 13.3. The number of ketones is 1. The van der Waals surface area contributed by atoms with Crippen LogP contribution in [-0.4, -0.2) is 21.0 Å². The molecule has 0 fully saturated rings. The van der Waals surface area contributed by atoms with Gasteiger partial charge in [-0.1, -0.05) is 41.9 Å². The molecule has 0 spiro atoms. The summed E-state index contributed by atoms with van der Waals surface area (Å²) < 4.78 is 0.879. The number of carbonyl (C=O) groups excluding carboxylic acids is 1. The quantitative estimate of drug-likeness (QED) is 0.741. The number of halogens is 1. The molecule has 1 aliphatic heterocycles. The Hall–Kier alpha value is -2.92. The molecule has 1 aliphatic carbocycles. The van der Waals surface area contributed by atoms with Crippen LogP contribution in [0.5, 0.6) is 0 Å². The van der Waals surface area contributed by atoms with Gasteiger partial charge in [-0.2, -0.15) is 15.3 Å². The number of nitriles is 1. The largest absolute Gasteiger partial charge is 0.384 e. The van der Waals surface area contributed by atoms with Gasteiger partial charge in [-0.05, 0) is 29.5 Å². The monoisotopic (exact) mass is 438 g/mol. The third-order valence-corrected chi connectivity index (χ3v) is 5.67. The van der Waals surface area contributed by atoms with Gasteiger partial charge in [-0.3, -0.25) is 9.69 Å². The van der Waals surface area contributed by atoms with E-state index < -0.39 is 5.92 Å². The molecule has 0 saturated heterocycles. The molecule has 2 heterocycles. The highest BCUT2D eigenvalue weighted by Gasteiger charge is 2.45. The fourth-order valence-electron chi connectivity index (χ4n) is 4.08. The lowest BCUT2D eigenvalue weighted by Crippen LogP contribution is -2.42. The summed E-state index contributed by atoms with van der Waals surface area (Å²) in [6.07, 6.45) is 2.43. The zero-order chi connectivity index (χ0) is 20.1. The SMILES string of the molecule is CC1(C)CC(=O)C2=C(C1)N(c1ncn[nH]1)C(N)=C(C#N)[C@@H]2c1cccc(Br)c1. The van der Waals surface area contributed by atoms with Crippen molar-refractivity contribution in [3.8, 4) is 6.07 Å². The zero-order valence-corrected chi connectivity index (χ0v) is 17.1. The molecule has 28 heavy (non-hydrogen) atoms. The standard InChI is InChI=1S/C20H19BrN6O/c1-20(2)7-14-17(15(28)8-20)16(11-4-3-5-12(21)6-11)13(9-22)18(23)27(14)19-24-10-25-26-19/h3-6,10,16H,7-8,23H2,1-2H3,(H,24,25,26)/t16-/m0/s1. The lowest BCUT2D eigenvalue weighted by Gasteiger charge is -2.42. The number of Topliss-reactive ketones (excluding diaryl/α,β-unsaturated/α-hetero) is 1. The minimum atomic E-state index is -0.500. The third-order valence-electron chi connectivity index (χ3n) is 5.18. The summed E-state index contributed by atoms with van der Waals surface area (Å²) >= 11 is 3.49. The molecule has 1 aromatic carbocycles. The van der Waals surface area contributed by atoms with Crippen LogP contribution in [0.25, 0.3) is 0 Å². The van der Waals surface area contributed by atoms with Crippen LogP contribution in [0.15, 0.2) is 57.7 Å². The van der Waals surface area contributed by atoms with Gasteiger partial charge >= 0.3 is 0 Å². The van der Waals surface area contributed by atoms with Gasteiger partial charge in [-0.25, -0.2) is 5.10 Å². The predicted molar refractivity (Wildman–Crippen MR) is 108 cm³/mol. The molecule has 0 unspecified atom stereocenters. The molecule has 1 atom stereocenters. The first-order valence-corrected chi connectivity index (χ1v) is 9.68. The Labute approximate surface area is 171 Å². The van der Waals surface area contributed by atoms with Crippen LogP contribution in [0.2, 0.25) is 0 Å². The normalized spacial score (nSPS) is 21.6. The summed E-state index contributed by atoms with van der Waals surface area (Å²) in [6, 6.07) is 9.89. The van der Waals surface area contributed by atoms with Gasteiger partial charge in [0.1, 0.15) is 12.1 Å². The number of nitrogens with one attached hydrogen (secondary N) is 1. The maximum Gasteiger partial charge on any atom is 0.231 e. The lowest BCUT2D eigenvalue weighted by molar-refractivity contribution is -0.118. The highest BCUT2D eigenvalue weighted by Crippen LogP contribution is 2.49. The van der Waals surface area contributed by atoms with E-state index in [1.54, 1.807) is 4.90 Å². The van der Waals surface area contributed by atoms with Crippen molar-refractivity contribution in [2.75, 3.05) is 4.90 Å². The van der Waals surface area contributed by atoms with Gasteiger partial charge in [0.15, 0.2) is 5.78 Å². The second-order valence-electron chi connectivity index (χ2n) is 7.84. The van der Waals surface area contributed by atoms with Crippen molar-refractivity contribution in [2.45, 2.75) is 32.6 Å². The number of benzene rings is 1. The topological polar surface area (TPSA) is 112 Å².